The molecule has 0 aromatic carbocycles. The number of nitrogens with zero attached hydrogens (tertiary/aromatic N) is 3. The van der Waals surface area contributed by atoms with Crippen LogP contribution in [0, 0.1) is 0 Å². The molecule has 126 valence electrons. The topological polar surface area (TPSA) is 77.2 Å². The van der Waals surface area contributed by atoms with Crippen molar-refractivity contribution in [1.82, 2.24) is 14.8 Å². The second-order valence-corrected chi connectivity index (χ2v) is 5.08. The maximum Gasteiger partial charge on any atom is 0.434 e. The summed E-state index contributed by atoms with van der Waals surface area (Å²) >= 11 is 0. The number of carboxylic acids is 1. The predicted octanol–water partition coefficient (Wildman–Crippen LogP) is 2.79. The van der Waals surface area contributed by atoms with Crippen LogP contribution in [-0.4, -0.2) is 39.1 Å². The van der Waals surface area contributed by atoms with E-state index in [2.05, 4.69) is 10.1 Å². The highest BCUT2D eigenvalue weighted by Gasteiger charge is 2.41. The van der Waals surface area contributed by atoms with Crippen LogP contribution >= 0.6 is 0 Å². The van der Waals surface area contributed by atoms with E-state index in [1.807, 2.05) is 6.08 Å². The summed E-state index contributed by atoms with van der Waals surface area (Å²) in [5, 5.41) is 12.5. The number of halogens is 3. The molecule has 0 saturated carbocycles. The number of alkyl halides is 3. The smallest absolute Gasteiger partial charge is 0.434 e. The van der Waals surface area contributed by atoms with E-state index in [0.29, 0.717) is 36.1 Å². The molecule has 2 aromatic heterocycles. The van der Waals surface area contributed by atoms with Crippen LogP contribution in [0.15, 0.2) is 30.6 Å². The lowest BCUT2D eigenvalue weighted by Crippen LogP contribution is -2.18. The first-order chi connectivity index (χ1) is 11.4. The van der Waals surface area contributed by atoms with E-state index in [1.54, 1.807) is 6.07 Å². The van der Waals surface area contributed by atoms with E-state index in [0.717, 1.165) is 5.57 Å². The van der Waals surface area contributed by atoms with Gasteiger partial charge in [-0.2, -0.15) is 18.3 Å². The van der Waals surface area contributed by atoms with E-state index in [9.17, 15) is 18.0 Å². The molecule has 0 saturated heterocycles. The standard InChI is InChI=1S/C15H12F3N3O3/c16-15(17,18)13-11(14(22)23)8-20-21(13)12-7-10(1-4-19-12)9-2-5-24-6-3-9/h1-2,4,7-8H,3,5-6H2,(H,22,23). The average molecular weight is 339 g/mol. The summed E-state index contributed by atoms with van der Waals surface area (Å²) in [4.78, 5) is 14.9. The minimum atomic E-state index is -4.88. The first-order valence-corrected chi connectivity index (χ1v) is 7.00. The number of ether oxygens (including phenoxy) is 1. The third-order valence-corrected chi connectivity index (χ3v) is 3.56. The monoisotopic (exact) mass is 339 g/mol. The normalized spacial score (nSPS) is 15.2. The molecule has 0 unspecified atom stereocenters. The number of rotatable bonds is 3. The zero-order valence-electron chi connectivity index (χ0n) is 12.2. The Morgan fingerprint density at radius 2 is 2.17 bits per heavy atom. The maximum absolute atomic E-state index is 13.3. The highest BCUT2D eigenvalue weighted by Crippen LogP contribution is 2.33. The fraction of sp³-hybridized carbons (Fsp3) is 0.267. The summed E-state index contributed by atoms with van der Waals surface area (Å²) in [7, 11) is 0. The summed E-state index contributed by atoms with van der Waals surface area (Å²) < 4.78 is 45.5. The molecule has 0 amide bonds. The molecule has 1 N–H and O–H groups in total. The molecule has 0 radical (unpaired) electrons. The molecule has 0 atom stereocenters. The minimum Gasteiger partial charge on any atom is -0.478 e. The summed E-state index contributed by atoms with van der Waals surface area (Å²) in [5.41, 5.74) is -0.645. The number of aromatic carboxylic acids is 1. The van der Waals surface area contributed by atoms with Crippen molar-refractivity contribution in [2.75, 3.05) is 13.2 Å². The van der Waals surface area contributed by atoms with E-state index in [4.69, 9.17) is 9.84 Å². The fourth-order valence-electron chi connectivity index (χ4n) is 2.47. The molecular formula is C15H12F3N3O3. The Bertz CT molecular complexity index is 812. The largest absolute Gasteiger partial charge is 0.478 e. The number of carbonyl (C=O) groups is 1. The zero-order valence-corrected chi connectivity index (χ0v) is 12.2. The molecule has 0 fully saturated rings. The Labute approximate surface area is 134 Å². The van der Waals surface area contributed by atoms with Crippen molar-refractivity contribution < 1.29 is 27.8 Å². The SMILES string of the molecule is O=C(O)c1cnn(-c2cc(C3=CCOCC3)ccn2)c1C(F)(F)F. The summed E-state index contributed by atoms with van der Waals surface area (Å²) in [6.07, 6.45) is -0.357. The highest BCUT2D eigenvalue weighted by molar-refractivity contribution is 5.89. The van der Waals surface area contributed by atoms with Crippen LogP contribution in [-0.2, 0) is 10.9 Å². The molecule has 1 aliphatic rings. The van der Waals surface area contributed by atoms with E-state index in [-0.39, 0.29) is 5.82 Å². The van der Waals surface area contributed by atoms with Crippen molar-refractivity contribution in [3.8, 4) is 5.82 Å². The first-order valence-electron chi connectivity index (χ1n) is 7.00. The minimum absolute atomic E-state index is 0.0975. The lowest BCUT2D eigenvalue weighted by molar-refractivity contribution is -0.143. The van der Waals surface area contributed by atoms with Crippen molar-refractivity contribution in [2.45, 2.75) is 12.6 Å². The van der Waals surface area contributed by atoms with E-state index in [1.165, 1.54) is 12.3 Å². The van der Waals surface area contributed by atoms with Crippen LogP contribution < -0.4 is 0 Å². The molecule has 3 rings (SSSR count). The van der Waals surface area contributed by atoms with Gasteiger partial charge in [0.1, 0.15) is 5.56 Å². The lowest BCUT2D eigenvalue weighted by atomic mass is 10.0. The Balaban J connectivity index is 2.10. The zero-order chi connectivity index (χ0) is 17.3. The highest BCUT2D eigenvalue weighted by atomic mass is 19.4. The lowest BCUT2D eigenvalue weighted by Gasteiger charge is -2.15. The third-order valence-electron chi connectivity index (χ3n) is 3.56. The van der Waals surface area contributed by atoms with Crippen molar-refractivity contribution in [3.05, 3.63) is 47.4 Å². The molecule has 0 aliphatic carbocycles. The van der Waals surface area contributed by atoms with Crippen LogP contribution in [0.2, 0.25) is 0 Å². The Morgan fingerprint density at radius 3 is 2.79 bits per heavy atom. The quantitative estimate of drug-likeness (QED) is 0.930. The van der Waals surface area contributed by atoms with Crippen LogP contribution in [0.3, 0.4) is 0 Å². The molecule has 0 spiro atoms. The third kappa shape index (κ3) is 3.02. The van der Waals surface area contributed by atoms with Gasteiger partial charge in [-0.1, -0.05) is 6.08 Å². The molecule has 9 heteroatoms. The molecule has 1 aliphatic heterocycles. The van der Waals surface area contributed by atoms with Crippen molar-refractivity contribution in [2.24, 2.45) is 0 Å². The number of pyridine rings is 1. The number of carboxylic acid groups (broad SMARTS) is 1. The second-order valence-electron chi connectivity index (χ2n) is 5.08. The molecule has 6 nitrogen and oxygen atoms in total. The van der Waals surface area contributed by atoms with Gasteiger partial charge in [-0.15, -0.1) is 0 Å². The summed E-state index contributed by atoms with van der Waals surface area (Å²) in [6.45, 7) is 0.966. The predicted molar refractivity (Wildman–Crippen MR) is 76.7 cm³/mol. The Morgan fingerprint density at radius 1 is 1.38 bits per heavy atom. The fourth-order valence-corrected chi connectivity index (χ4v) is 2.47. The molecule has 24 heavy (non-hydrogen) atoms. The van der Waals surface area contributed by atoms with Crippen molar-refractivity contribution in [1.29, 1.82) is 0 Å². The molecule has 0 bridgehead atoms. The van der Waals surface area contributed by atoms with Crippen molar-refractivity contribution >= 4 is 11.5 Å². The van der Waals surface area contributed by atoms with Crippen LogP contribution in [0.5, 0.6) is 0 Å². The molecular weight excluding hydrogens is 327 g/mol. The van der Waals surface area contributed by atoms with Gasteiger partial charge in [0.2, 0.25) is 0 Å². The van der Waals surface area contributed by atoms with Crippen LogP contribution in [0.4, 0.5) is 13.2 Å². The van der Waals surface area contributed by atoms with Gasteiger partial charge in [0.25, 0.3) is 0 Å². The molecule has 2 aromatic rings. The van der Waals surface area contributed by atoms with Gasteiger partial charge in [-0.25, -0.2) is 14.5 Å². The Kier molecular flexibility index (Phi) is 4.10. The van der Waals surface area contributed by atoms with Gasteiger partial charge in [-0.3, -0.25) is 0 Å². The number of aromatic nitrogens is 3. The van der Waals surface area contributed by atoms with Gasteiger partial charge in [0.05, 0.1) is 19.4 Å². The van der Waals surface area contributed by atoms with Gasteiger partial charge in [-0.05, 0) is 29.7 Å². The van der Waals surface area contributed by atoms with Gasteiger partial charge < -0.3 is 9.84 Å². The van der Waals surface area contributed by atoms with Gasteiger partial charge in [0.15, 0.2) is 11.5 Å². The number of hydrogen-bond donors (Lipinski definition) is 1. The van der Waals surface area contributed by atoms with Crippen LogP contribution in [0.1, 0.15) is 28.0 Å². The summed E-state index contributed by atoms with van der Waals surface area (Å²) in [6, 6.07) is 3.13. The van der Waals surface area contributed by atoms with E-state index >= 15 is 0 Å². The summed E-state index contributed by atoms with van der Waals surface area (Å²) in [5.74, 6) is -1.79. The Hall–Kier alpha value is -2.68. The first kappa shape index (κ1) is 16.2. The van der Waals surface area contributed by atoms with E-state index < -0.39 is 23.4 Å². The average Bonchev–Trinajstić information content (AvgIpc) is 3.01. The van der Waals surface area contributed by atoms with Gasteiger partial charge in [0, 0.05) is 6.20 Å². The number of hydrogen-bond acceptors (Lipinski definition) is 4. The maximum atomic E-state index is 13.3. The van der Waals surface area contributed by atoms with Crippen LogP contribution in [0.25, 0.3) is 11.4 Å². The second kappa shape index (κ2) is 6.08. The van der Waals surface area contributed by atoms with Crippen molar-refractivity contribution in [3.63, 3.8) is 0 Å². The molecule has 3 heterocycles. The van der Waals surface area contributed by atoms with Gasteiger partial charge >= 0.3 is 12.1 Å².